The van der Waals surface area contributed by atoms with Crippen LogP contribution in [-0.2, 0) is 0 Å². The molecule has 1 heterocycles. The molecule has 142 valence electrons. The molecule has 4 aromatic rings. The number of benzene rings is 3. The molecular formula is C23H17N3OS2. The van der Waals surface area contributed by atoms with E-state index in [0.29, 0.717) is 10.7 Å². The van der Waals surface area contributed by atoms with Crippen LogP contribution in [0.15, 0.2) is 90.3 Å². The number of carbonyl (C=O) groups excluding carboxylic acids is 1. The molecule has 4 nitrogen and oxygen atoms in total. The summed E-state index contributed by atoms with van der Waals surface area (Å²) in [6.45, 7) is 0. The van der Waals surface area contributed by atoms with Gasteiger partial charge in [-0.15, -0.1) is 11.3 Å². The molecule has 0 atom stereocenters. The average molecular weight is 416 g/mol. The van der Waals surface area contributed by atoms with Crippen molar-refractivity contribution in [3.8, 4) is 22.4 Å². The first-order valence-electron chi connectivity index (χ1n) is 8.98. The first-order valence-corrected chi connectivity index (χ1v) is 10.3. The van der Waals surface area contributed by atoms with Gasteiger partial charge in [0.1, 0.15) is 0 Å². The molecule has 0 radical (unpaired) electrons. The van der Waals surface area contributed by atoms with Crippen molar-refractivity contribution in [3.05, 3.63) is 95.9 Å². The van der Waals surface area contributed by atoms with E-state index in [1.54, 1.807) is 12.1 Å². The van der Waals surface area contributed by atoms with Crippen LogP contribution in [0.5, 0.6) is 0 Å². The van der Waals surface area contributed by atoms with Crippen molar-refractivity contribution < 1.29 is 4.79 Å². The first kappa shape index (κ1) is 19.0. The van der Waals surface area contributed by atoms with E-state index in [4.69, 9.17) is 12.2 Å². The maximum atomic E-state index is 12.5. The number of hydrogen-bond acceptors (Lipinski definition) is 4. The molecule has 0 spiro atoms. The molecule has 3 aromatic carbocycles. The third-order valence-corrected chi connectivity index (χ3v) is 5.24. The van der Waals surface area contributed by atoms with E-state index >= 15 is 0 Å². The van der Waals surface area contributed by atoms with Crippen molar-refractivity contribution in [2.45, 2.75) is 0 Å². The number of nitrogens with zero attached hydrogens (tertiary/aromatic N) is 1. The largest absolute Gasteiger partial charge is 0.308 e. The van der Waals surface area contributed by atoms with Crippen LogP contribution in [0.1, 0.15) is 10.4 Å². The second-order valence-corrected chi connectivity index (χ2v) is 7.52. The van der Waals surface area contributed by atoms with Crippen molar-refractivity contribution in [3.63, 3.8) is 0 Å². The first-order chi connectivity index (χ1) is 14.2. The summed E-state index contributed by atoms with van der Waals surface area (Å²) >= 11 is 6.70. The van der Waals surface area contributed by atoms with Crippen molar-refractivity contribution in [1.29, 1.82) is 0 Å². The van der Waals surface area contributed by atoms with Gasteiger partial charge in [0.25, 0.3) is 5.91 Å². The van der Waals surface area contributed by atoms with Gasteiger partial charge in [0.15, 0.2) is 10.2 Å². The van der Waals surface area contributed by atoms with Gasteiger partial charge in [-0.25, -0.2) is 4.98 Å². The number of amides is 1. The van der Waals surface area contributed by atoms with Crippen LogP contribution in [0.3, 0.4) is 0 Å². The van der Waals surface area contributed by atoms with E-state index in [2.05, 4.69) is 15.6 Å². The SMILES string of the molecule is O=C(NC(=S)Nc1nc(-c2ccccc2)cs1)c1ccc(-c2ccccc2)cc1. The number of rotatable bonds is 4. The highest BCUT2D eigenvalue weighted by atomic mass is 32.1. The number of thiazole rings is 1. The zero-order valence-corrected chi connectivity index (χ0v) is 17.0. The molecule has 6 heteroatoms. The molecule has 0 unspecified atom stereocenters. The van der Waals surface area contributed by atoms with Gasteiger partial charge in [0, 0.05) is 16.5 Å². The van der Waals surface area contributed by atoms with E-state index in [0.717, 1.165) is 22.4 Å². The van der Waals surface area contributed by atoms with E-state index in [9.17, 15) is 4.79 Å². The normalized spacial score (nSPS) is 10.3. The van der Waals surface area contributed by atoms with Crippen LogP contribution in [0.25, 0.3) is 22.4 Å². The summed E-state index contributed by atoms with van der Waals surface area (Å²) in [4.78, 5) is 17.0. The number of aromatic nitrogens is 1. The van der Waals surface area contributed by atoms with E-state index in [-0.39, 0.29) is 11.0 Å². The van der Waals surface area contributed by atoms with Crippen LogP contribution < -0.4 is 10.6 Å². The quantitative estimate of drug-likeness (QED) is 0.426. The number of nitrogens with one attached hydrogen (secondary N) is 2. The number of carbonyl (C=O) groups is 1. The lowest BCUT2D eigenvalue weighted by atomic mass is 10.0. The summed E-state index contributed by atoms with van der Waals surface area (Å²) in [5.74, 6) is -0.262. The van der Waals surface area contributed by atoms with E-state index in [1.165, 1.54) is 11.3 Å². The minimum Gasteiger partial charge on any atom is -0.308 e. The lowest BCUT2D eigenvalue weighted by Crippen LogP contribution is -2.34. The smallest absolute Gasteiger partial charge is 0.257 e. The Morgan fingerprint density at radius 1 is 0.793 bits per heavy atom. The van der Waals surface area contributed by atoms with Gasteiger partial charge in [-0.05, 0) is 35.5 Å². The molecule has 0 aliphatic carbocycles. The topological polar surface area (TPSA) is 54.0 Å². The predicted molar refractivity (Wildman–Crippen MR) is 123 cm³/mol. The van der Waals surface area contributed by atoms with Gasteiger partial charge in [0.2, 0.25) is 0 Å². The van der Waals surface area contributed by atoms with Crippen molar-refractivity contribution in [2.24, 2.45) is 0 Å². The Bertz CT molecular complexity index is 1120. The molecule has 29 heavy (non-hydrogen) atoms. The molecule has 0 aliphatic heterocycles. The Balaban J connectivity index is 1.37. The highest BCUT2D eigenvalue weighted by Gasteiger charge is 2.10. The van der Waals surface area contributed by atoms with Gasteiger partial charge in [-0.2, -0.15) is 0 Å². The van der Waals surface area contributed by atoms with Crippen molar-refractivity contribution >= 4 is 39.7 Å². The summed E-state index contributed by atoms with van der Waals surface area (Å²) in [7, 11) is 0. The second kappa shape index (κ2) is 8.77. The summed E-state index contributed by atoms with van der Waals surface area (Å²) < 4.78 is 0. The standard InChI is InChI=1S/C23H17N3OS2/c27-21(19-13-11-17(12-14-19)16-7-3-1-4-8-16)25-22(28)26-23-24-20(15-29-23)18-9-5-2-6-10-18/h1-15H,(H2,24,25,26,27,28). The molecule has 0 bridgehead atoms. The van der Waals surface area contributed by atoms with Gasteiger partial charge < -0.3 is 5.32 Å². The lowest BCUT2D eigenvalue weighted by Gasteiger charge is -2.08. The summed E-state index contributed by atoms with van der Waals surface area (Å²) in [6, 6.07) is 27.3. The minimum atomic E-state index is -0.262. The lowest BCUT2D eigenvalue weighted by molar-refractivity contribution is 0.0978. The molecule has 1 amide bonds. The molecule has 0 fully saturated rings. The molecular weight excluding hydrogens is 398 g/mol. The third-order valence-electron chi connectivity index (χ3n) is 4.28. The fourth-order valence-electron chi connectivity index (χ4n) is 2.82. The Morgan fingerprint density at radius 3 is 2.03 bits per heavy atom. The fourth-order valence-corrected chi connectivity index (χ4v) is 3.80. The highest BCUT2D eigenvalue weighted by molar-refractivity contribution is 7.80. The summed E-state index contributed by atoms with van der Waals surface area (Å²) in [6.07, 6.45) is 0. The van der Waals surface area contributed by atoms with Crippen LogP contribution in [0.2, 0.25) is 0 Å². The third kappa shape index (κ3) is 4.74. The summed E-state index contributed by atoms with van der Waals surface area (Å²) in [5, 5.41) is 8.48. The monoisotopic (exact) mass is 415 g/mol. The Kier molecular flexibility index (Phi) is 5.74. The molecule has 1 aromatic heterocycles. The highest BCUT2D eigenvalue weighted by Crippen LogP contribution is 2.24. The van der Waals surface area contributed by atoms with Crippen molar-refractivity contribution in [2.75, 3.05) is 5.32 Å². The average Bonchev–Trinajstić information content (AvgIpc) is 3.23. The maximum absolute atomic E-state index is 12.5. The number of thiocarbonyl (C=S) groups is 1. The molecule has 0 saturated carbocycles. The van der Waals surface area contributed by atoms with E-state index in [1.807, 2.05) is 78.2 Å². The van der Waals surface area contributed by atoms with Gasteiger partial charge in [-0.1, -0.05) is 72.8 Å². The fraction of sp³-hybridized carbons (Fsp3) is 0. The van der Waals surface area contributed by atoms with Crippen LogP contribution in [0, 0.1) is 0 Å². The van der Waals surface area contributed by atoms with Crippen LogP contribution >= 0.6 is 23.6 Å². The zero-order valence-electron chi connectivity index (χ0n) is 15.3. The summed E-state index contributed by atoms with van der Waals surface area (Å²) in [5.41, 5.74) is 4.60. The van der Waals surface area contributed by atoms with Gasteiger partial charge in [-0.3, -0.25) is 10.1 Å². The number of anilines is 1. The Hall–Kier alpha value is -3.35. The zero-order chi connectivity index (χ0) is 20.1. The second-order valence-electron chi connectivity index (χ2n) is 6.26. The Labute approximate surface area is 178 Å². The van der Waals surface area contributed by atoms with Crippen LogP contribution in [-0.4, -0.2) is 16.0 Å². The molecule has 0 aliphatic rings. The van der Waals surface area contributed by atoms with Gasteiger partial charge in [0.05, 0.1) is 5.69 Å². The van der Waals surface area contributed by atoms with Gasteiger partial charge >= 0.3 is 0 Å². The van der Waals surface area contributed by atoms with Crippen LogP contribution in [0.4, 0.5) is 5.13 Å². The Morgan fingerprint density at radius 2 is 1.38 bits per heavy atom. The molecule has 0 saturated heterocycles. The maximum Gasteiger partial charge on any atom is 0.257 e. The predicted octanol–water partition coefficient (Wildman–Crippen LogP) is 5.60. The minimum absolute atomic E-state index is 0.219. The molecule has 4 rings (SSSR count). The number of hydrogen-bond donors (Lipinski definition) is 2. The molecule has 2 N–H and O–H groups in total. The van der Waals surface area contributed by atoms with E-state index < -0.39 is 0 Å². The van der Waals surface area contributed by atoms with Crippen molar-refractivity contribution in [1.82, 2.24) is 10.3 Å².